The van der Waals surface area contributed by atoms with Gasteiger partial charge in [-0.3, -0.25) is 0 Å². The number of methoxy groups -OCH3 is 1. The van der Waals surface area contributed by atoms with E-state index < -0.39 is 23.4 Å². The zero-order valence-corrected chi connectivity index (χ0v) is 7.67. The summed E-state index contributed by atoms with van der Waals surface area (Å²) in [7, 11) is 1.16. The van der Waals surface area contributed by atoms with Crippen LogP contribution in [0.15, 0.2) is 0 Å². The molecule has 0 aliphatic carbocycles. The highest BCUT2D eigenvalue weighted by Gasteiger charge is 2.24. The Morgan fingerprint density at radius 2 is 2.08 bits per heavy atom. The molecule has 70 valence electrons. The highest BCUT2D eigenvalue weighted by Crippen LogP contribution is 2.01. The number of alkyl carbamates (subject to hydrolysis) is 1. The zero-order chi connectivity index (χ0) is 9.72. The van der Waals surface area contributed by atoms with Gasteiger partial charge in [-0.1, -0.05) is 6.92 Å². The molecule has 1 amide bonds. The molecule has 0 saturated carbocycles. The van der Waals surface area contributed by atoms with Crippen LogP contribution in [0.3, 0.4) is 0 Å². The maximum atomic E-state index is 10.6. The van der Waals surface area contributed by atoms with E-state index in [-0.39, 0.29) is 0 Å². The number of hydrogen-bond acceptors (Lipinski definition) is 4. The quantitative estimate of drug-likeness (QED) is 0.556. The van der Waals surface area contributed by atoms with E-state index in [2.05, 4.69) is 22.7 Å². The Morgan fingerprint density at radius 3 is 2.33 bits per heavy atom. The third-order valence-corrected chi connectivity index (χ3v) is 1.51. The predicted octanol–water partition coefficient (Wildman–Crippen LogP) is 0.114. The third-order valence-electron chi connectivity index (χ3n) is 1.21. The van der Waals surface area contributed by atoms with E-state index in [1.165, 1.54) is 0 Å². The molecule has 0 saturated heterocycles. The number of carboxylic acid groups (broad SMARTS) is 1. The van der Waals surface area contributed by atoms with Gasteiger partial charge < -0.3 is 15.2 Å². The Kier molecular flexibility index (Phi) is 4.50. The fraction of sp³-hybridized carbons (Fsp3) is 0.667. The van der Waals surface area contributed by atoms with Gasteiger partial charge in [-0.2, -0.15) is 12.6 Å². The SMILES string of the molecule is COC(=O)N[C@@H](C(=O)O)C(C)S. The molecule has 5 nitrogen and oxygen atoms in total. The molecule has 0 aromatic rings. The van der Waals surface area contributed by atoms with Gasteiger partial charge in [0, 0.05) is 5.25 Å². The largest absolute Gasteiger partial charge is 0.480 e. The van der Waals surface area contributed by atoms with E-state index in [1.54, 1.807) is 6.92 Å². The van der Waals surface area contributed by atoms with E-state index in [9.17, 15) is 9.59 Å². The van der Waals surface area contributed by atoms with Crippen LogP contribution in [0.1, 0.15) is 6.92 Å². The van der Waals surface area contributed by atoms with Crippen molar-refractivity contribution >= 4 is 24.7 Å². The van der Waals surface area contributed by atoms with Crippen LogP contribution in [0.4, 0.5) is 4.79 Å². The van der Waals surface area contributed by atoms with Crippen molar-refractivity contribution in [1.82, 2.24) is 5.32 Å². The molecule has 0 aliphatic rings. The summed E-state index contributed by atoms with van der Waals surface area (Å²) in [5.41, 5.74) is 0. The lowest BCUT2D eigenvalue weighted by Crippen LogP contribution is -2.45. The summed E-state index contributed by atoms with van der Waals surface area (Å²) < 4.78 is 4.23. The molecule has 6 heteroatoms. The maximum Gasteiger partial charge on any atom is 0.407 e. The smallest absolute Gasteiger partial charge is 0.407 e. The van der Waals surface area contributed by atoms with Crippen molar-refractivity contribution in [3.63, 3.8) is 0 Å². The molecule has 0 fully saturated rings. The van der Waals surface area contributed by atoms with Crippen LogP contribution in [-0.4, -0.2) is 35.6 Å². The van der Waals surface area contributed by atoms with Gasteiger partial charge in [0.1, 0.15) is 6.04 Å². The lowest BCUT2D eigenvalue weighted by Gasteiger charge is -2.15. The summed E-state index contributed by atoms with van der Waals surface area (Å²) in [6, 6.07) is -1.03. The summed E-state index contributed by atoms with van der Waals surface area (Å²) in [5, 5.41) is 10.2. The Labute approximate surface area is 75.5 Å². The Morgan fingerprint density at radius 1 is 1.58 bits per heavy atom. The highest BCUT2D eigenvalue weighted by molar-refractivity contribution is 7.81. The number of rotatable bonds is 3. The molecule has 0 rings (SSSR count). The van der Waals surface area contributed by atoms with Crippen molar-refractivity contribution < 1.29 is 19.4 Å². The number of aliphatic carboxylic acids is 1. The summed E-state index contributed by atoms with van der Waals surface area (Å²) in [6.45, 7) is 1.57. The summed E-state index contributed by atoms with van der Waals surface area (Å²) in [6.07, 6.45) is -0.775. The van der Waals surface area contributed by atoms with Crippen molar-refractivity contribution in [2.45, 2.75) is 18.2 Å². The first-order valence-electron chi connectivity index (χ1n) is 3.24. The van der Waals surface area contributed by atoms with Crippen molar-refractivity contribution in [3.05, 3.63) is 0 Å². The molecule has 0 radical (unpaired) electrons. The summed E-state index contributed by atoms with van der Waals surface area (Å²) in [5.74, 6) is -1.14. The minimum absolute atomic E-state index is 0.471. The van der Waals surface area contributed by atoms with Gasteiger partial charge in [0.05, 0.1) is 7.11 Å². The standard InChI is InChI=1S/C6H11NO4S/c1-3(12)4(5(8)9)7-6(10)11-2/h3-4,12H,1-2H3,(H,7,10)(H,8,9)/t3?,4-/m1/s1. The van der Waals surface area contributed by atoms with Crippen molar-refractivity contribution in [2.24, 2.45) is 0 Å². The second-order valence-electron chi connectivity index (χ2n) is 2.19. The van der Waals surface area contributed by atoms with Crippen molar-refractivity contribution in [2.75, 3.05) is 7.11 Å². The molecule has 0 bridgehead atoms. The van der Waals surface area contributed by atoms with Crippen LogP contribution in [0.5, 0.6) is 0 Å². The van der Waals surface area contributed by atoms with Crippen LogP contribution in [0.2, 0.25) is 0 Å². The second kappa shape index (κ2) is 4.87. The number of carboxylic acids is 1. The topological polar surface area (TPSA) is 75.6 Å². The van der Waals surface area contributed by atoms with Crippen LogP contribution in [-0.2, 0) is 9.53 Å². The zero-order valence-electron chi connectivity index (χ0n) is 6.77. The normalized spacial score (nSPS) is 14.6. The van der Waals surface area contributed by atoms with E-state index in [1.807, 2.05) is 0 Å². The first-order valence-corrected chi connectivity index (χ1v) is 3.76. The second-order valence-corrected chi connectivity index (χ2v) is 3.01. The number of carbonyl (C=O) groups is 2. The van der Waals surface area contributed by atoms with Crippen LogP contribution in [0, 0.1) is 0 Å². The lowest BCUT2D eigenvalue weighted by molar-refractivity contribution is -0.139. The van der Waals surface area contributed by atoms with E-state index in [0.29, 0.717) is 0 Å². The molecule has 0 spiro atoms. The maximum absolute atomic E-state index is 10.6. The van der Waals surface area contributed by atoms with Crippen LogP contribution in [0.25, 0.3) is 0 Å². The molecule has 0 aromatic carbocycles. The Balaban J connectivity index is 4.14. The fourth-order valence-corrected chi connectivity index (χ4v) is 0.777. The number of nitrogens with one attached hydrogen (secondary N) is 1. The number of ether oxygens (including phenoxy) is 1. The van der Waals surface area contributed by atoms with Gasteiger partial charge in [-0.15, -0.1) is 0 Å². The van der Waals surface area contributed by atoms with Gasteiger partial charge in [-0.25, -0.2) is 9.59 Å². The third kappa shape index (κ3) is 3.47. The summed E-state index contributed by atoms with van der Waals surface area (Å²) >= 11 is 3.89. The molecule has 12 heavy (non-hydrogen) atoms. The Hall–Kier alpha value is -0.910. The number of carbonyl (C=O) groups excluding carboxylic acids is 1. The van der Waals surface area contributed by atoms with Crippen molar-refractivity contribution in [1.29, 1.82) is 0 Å². The monoisotopic (exact) mass is 193 g/mol. The molecular formula is C6H11NO4S. The average molecular weight is 193 g/mol. The first-order chi connectivity index (χ1) is 5.49. The minimum Gasteiger partial charge on any atom is -0.480 e. The fourth-order valence-electron chi connectivity index (χ4n) is 0.575. The molecule has 1 unspecified atom stereocenters. The van der Waals surface area contributed by atoms with Gasteiger partial charge in [0.25, 0.3) is 0 Å². The minimum atomic E-state index is -1.14. The molecule has 0 heterocycles. The highest BCUT2D eigenvalue weighted by atomic mass is 32.1. The number of hydrogen-bond donors (Lipinski definition) is 3. The van der Waals surface area contributed by atoms with Gasteiger partial charge >= 0.3 is 12.1 Å². The van der Waals surface area contributed by atoms with E-state index in [4.69, 9.17) is 5.11 Å². The molecule has 2 atom stereocenters. The van der Waals surface area contributed by atoms with Crippen molar-refractivity contribution in [3.8, 4) is 0 Å². The number of thiol groups is 1. The Bertz CT molecular complexity index is 182. The molecule has 2 N–H and O–H groups in total. The first kappa shape index (κ1) is 11.1. The van der Waals surface area contributed by atoms with Gasteiger partial charge in [0.2, 0.25) is 0 Å². The van der Waals surface area contributed by atoms with E-state index in [0.717, 1.165) is 7.11 Å². The molecular weight excluding hydrogens is 182 g/mol. The van der Waals surface area contributed by atoms with Gasteiger partial charge in [0.15, 0.2) is 0 Å². The molecule has 0 aliphatic heterocycles. The van der Waals surface area contributed by atoms with Gasteiger partial charge in [-0.05, 0) is 0 Å². The summed E-state index contributed by atoms with van der Waals surface area (Å²) in [4.78, 5) is 21.1. The van der Waals surface area contributed by atoms with Crippen LogP contribution >= 0.6 is 12.6 Å². The number of amides is 1. The average Bonchev–Trinajstić information content (AvgIpc) is 1.98. The lowest BCUT2D eigenvalue weighted by atomic mass is 10.2. The van der Waals surface area contributed by atoms with E-state index >= 15 is 0 Å². The predicted molar refractivity (Wildman–Crippen MR) is 45.4 cm³/mol. The molecule has 0 aromatic heterocycles. The van der Waals surface area contributed by atoms with Crippen LogP contribution < -0.4 is 5.32 Å².